The van der Waals surface area contributed by atoms with Gasteiger partial charge < -0.3 is 10.1 Å². The van der Waals surface area contributed by atoms with E-state index in [-0.39, 0.29) is 22.3 Å². The zero-order valence-corrected chi connectivity index (χ0v) is 19.3. The van der Waals surface area contributed by atoms with E-state index in [0.29, 0.717) is 17.8 Å². The van der Waals surface area contributed by atoms with E-state index in [1.807, 2.05) is 0 Å². The van der Waals surface area contributed by atoms with Crippen molar-refractivity contribution in [2.75, 3.05) is 0 Å². The molecule has 0 amide bonds. The topological polar surface area (TPSA) is 36.0 Å². The third-order valence-corrected chi connectivity index (χ3v) is 10.7. The van der Waals surface area contributed by atoms with Crippen LogP contribution in [0.15, 0.2) is 30.0 Å². The zero-order chi connectivity index (χ0) is 21.1. The minimum atomic E-state index is -0.171. The molecule has 4 aliphatic carbocycles. The quantitative estimate of drug-likeness (QED) is 0.496. The van der Waals surface area contributed by atoms with Gasteiger partial charge in [0, 0.05) is 33.5 Å². The second kappa shape index (κ2) is 5.82. The molecule has 2 aromatic rings. The highest BCUT2D eigenvalue weighted by molar-refractivity contribution is 6.00. The Kier molecular flexibility index (Phi) is 3.72. The van der Waals surface area contributed by atoms with Crippen LogP contribution in [-0.2, 0) is 5.41 Å². The van der Waals surface area contributed by atoms with Crippen LogP contribution in [0.1, 0.15) is 84.3 Å². The van der Waals surface area contributed by atoms with E-state index in [0.717, 1.165) is 19.3 Å². The Morgan fingerprint density at radius 1 is 1.03 bits per heavy atom. The van der Waals surface area contributed by atoms with Gasteiger partial charge in [0.15, 0.2) is 0 Å². The molecule has 0 saturated heterocycles. The minimum Gasteiger partial charge on any atom is -0.393 e. The predicted octanol–water partition coefficient (Wildman–Crippen LogP) is 6.84. The summed E-state index contributed by atoms with van der Waals surface area (Å²) >= 11 is 0. The van der Waals surface area contributed by atoms with Crippen LogP contribution in [0.25, 0.3) is 16.5 Å². The van der Waals surface area contributed by atoms with Gasteiger partial charge in [0.1, 0.15) is 0 Å². The van der Waals surface area contributed by atoms with Crippen molar-refractivity contribution in [3.05, 3.63) is 41.1 Å². The number of aliphatic hydroxyl groups is 1. The van der Waals surface area contributed by atoms with Gasteiger partial charge in [-0.1, -0.05) is 52.3 Å². The van der Waals surface area contributed by atoms with Crippen LogP contribution in [0.3, 0.4) is 0 Å². The molecule has 6 atom stereocenters. The molecule has 0 unspecified atom stereocenters. The molecular formula is C28H37NO. The van der Waals surface area contributed by atoms with Crippen LogP contribution in [0.2, 0.25) is 0 Å². The summed E-state index contributed by atoms with van der Waals surface area (Å²) in [6, 6.07) is 6.79. The molecule has 0 aliphatic heterocycles. The Morgan fingerprint density at radius 3 is 2.63 bits per heavy atom. The van der Waals surface area contributed by atoms with Crippen molar-refractivity contribution in [1.29, 1.82) is 0 Å². The molecule has 1 aromatic heterocycles. The maximum atomic E-state index is 11.7. The van der Waals surface area contributed by atoms with Gasteiger partial charge in [0.2, 0.25) is 0 Å². The number of hydrogen-bond donors (Lipinski definition) is 2. The molecule has 1 spiro atoms. The van der Waals surface area contributed by atoms with Crippen molar-refractivity contribution >= 4 is 16.5 Å². The highest BCUT2D eigenvalue weighted by Gasteiger charge is 2.66. The third kappa shape index (κ3) is 1.96. The molecule has 30 heavy (non-hydrogen) atoms. The van der Waals surface area contributed by atoms with Gasteiger partial charge in [0.05, 0.1) is 6.10 Å². The number of hydrogen-bond acceptors (Lipinski definition) is 1. The molecule has 0 bridgehead atoms. The van der Waals surface area contributed by atoms with Crippen LogP contribution >= 0.6 is 0 Å². The predicted molar refractivity (Wildman–Crippen MR) is 124 cm³/mol. The summed E-state index contributed by atoms with van der Waals surface area (Å²) in [6.07, 6.45) is 9.11. The molecular weight excluding hydrogens is 366 g/mol. The van der Waals surface area contributed by atoms with Gasteiger partial charge in [-0.2, -0.15) is 0 Å². The fraction of sp³-hybridized carbons (Fsp3) is 0.643. The van der Waals surface area contributed by atoms with Crippen LogP contribution in [0.4, 0.5) is 0 Å². The van der Waals surface area contributed by atoms with E-state index >= 15 is 0 Å². The summed E-state index contributed by atoms with van der Waals surface area (Å²) in [7, 11) is 0. The number of aromatic nitrogens is 1. The Morgan fingerprint density at radius 2 is 1.83 bits per heavy atom. The third-order valence-electron chi connectivity index (χ3n) is 10.7. The molecule has 4 aliphatic rings. The zero-order valence-electron chi connectivity index (χ0n) is 19.3. The molecule has 2 heteroatoms. The van der Waals surface area contributed by atoms with Crippen molar-refractivity contribution < 1.29 is 5.11 Å². The minimum absolute atomic E-state index is 0.0210. The Hall–Kier alpha value is -1.54. The molecule has 1 aromatic carbocycles. The highest BCUT2D eigenvalue weighted by atomic mass is 16.3. The second-order valence-electron chi connectivity index (χ2n) is 11.9. The second-order valence-corrected chi connectivity index (χ2v) is 11.9. The first-order chi connectivity index (χ1) is 14.2. The summed E-state index contributed by atoms with van der Waals surface area (Å²) in [6.45, 7) is 12.4. The normalized spacial score (nSPS) is 41.9. The molecule has 2 nitrogen and oxygen atoms in total. The Bertz CT molecular complexity index is 1070. The van der Waals surface area contributed by atoms with Crippen molar-refractivity contribution in [1.82, 2.24) is 4.98 Å². The van der Waals surface area contributed by atoms with Crippen molar-refractivity contribution in [2.45, 2.75) is 84.7 Å². The van der Waals surface area contributed by atoms with Gasteiger partial charge in [-0.25, -0.2) is 0 Å². The molecule has 2 N–H and O–H groups in total. The van der Waals surface area contributed by atoms with Crippen LogP contribution < -0.4 is 0 Å². The number of nitrogens with one attached hydrogen (secondary N) is 1. The van der Waals surface area contributed by atoms with Gasteiger partial charge in [0.25, 0.3) is 0 Å². The van der Waals surface area contributed by atoms with Crippen molar-refractivity contribution in [3.63, 3.8) is 0 Å². The molecule has 1 heterocycles. The van der Waals surface area contributed by atoms with Gasteiger partial charge in [-0.3, -0.25) is 0 Å². The molecule has 2 fully saturated rings. The average molecular weight is 404 g/mol. The average Bonchev–Trinajstić information content (AvgIpc) is 3.16. The number of rotatable bonds is 0. The Balaban J connectivity index is 1.67. The fourth-order valence-electron chi connectivity index (χ4n) is 8.93. The van der Waals surface area contributed by atoms with Crippen molar-refractivity contribution in [2.24, 2.45) is 28.6 Å². The first-order valence-corrected chi connectivity index (χ1v) is 12.3. The molecule has 2 saturated carbocycles. The van der Waals surface area contributed by atoms with Crippen LogP contribution in [-0.4, -0.2) is 16.2 Å². The largest absolute Gasteiger partial charge is 0.393 e. The van der Waals surface area contributed by atoms with Gasteiger partial charge >= 0.3 is 0 Å². The summed E-state index contributed by atoms with van der Waals surface area (Å²) < 4.78 is 0. The summed E-state index contributed by atoms with van der Waals surface area (Å²) in [5.41, 5.74) is 7.77. The smallest absolute Gasteiger partial charge is 0.0607 e. The number of H-pyrrole nitrogens is 1. The molecule has 160 valence electrons. The maximum absolute atomic E-state index is 11.7. The van der Waals surface area contributed by atoms with E-state index in [4.69, 9.17) is 0 Å². The van der Waals surface area contributed by atoms with E-state index in [9.17, 15) is 5.11 Å². The molecule has 0 radical (unpaired) electrons. The number of aliphatic hydroxyl groups excluding tert-OH is 1. The SMILES string of the molecule is C[C@H]1CC[C@]2(C)[C@@H](C)CC[C@@H](O)[C@@]23CCC2=C(c4c[nH]c5cccc(c45)C2(C)C)[C@@H]13. The van der Waals surface area contributed by atoms with E-state index in [1.54, 1.807) is 11.1 Å². The van der Waals surface area contributed by atoms with Crippen molar-refractivity contribution in [3.8, 4) is 0 Å². The standard InChI is InChI=1S/C28H37NO/c1-16-11-13-27(5)17(2)9-10-22(30)28(27)14-12-20-24(25(16)28)18-15-29-21-8-6-7-19(23(18)21)26(20,3)4/h6-8,15-17,22,25,29-30H,9-14H2,1-5H3/t16-,17-,22+,25+,27+,28+/m0/s1. The summed E-state index contributed by atoms with van der Waals surface area (Å²) in [5.74, 6) is 1.77. The highest BCUT2D eigenvalue weighted by Crippen LogP contribution is 2.72. The van der Waals surface area contributed by atoms with E-state index in [1.165, 1.54) is 41.3 Å². The lowest BCUT2D eigenvalue weighted by molar-refractivity contribution is -0.195. The first-order valence-electron chi connectivity index (χ1n) is 12.3. The first kappa shape index (κ1) is 19.2. The van der Waals surface area contributed by atoms with Crippen LogP contribution in [0.5, 0.6) is 0 Å². The number of allylic oxidation sites excluding steroid dienone is 2. The molecule has 6 rings (SSSR count). The summed E-state index contributed by atoms with van der Waals surface area (Å²) in [5, 5.41) is 13.2. The number of benzene rings is 1. The lowest BCUT2D eigenvalue weighted by Gasteiger charge is -2.68. The number of aromatic amines is 1. The number of fused-ring (bicyclic) bond motifs is 2. The van der Waals surface area contributed by atoms with E-state index < -0.39 is 0 Å². The van der Waals surface area contributed by atoms with Crippen LogP contribution in [0, 0.1) is 28.6 Å². The van der Waals surface area contributed by atoms with E-state index in [2.05, 4.69) is 64.0 Å². The maximum Gasteiger partial charge on any atom is 0.0607 e. The Labute approximate surface area is 181 Å². The lowest BCUT2D eigenvalue weighted by atomic mass is 9.37. The van der Waals surface area contributed by atoms with Gasteiger partial charge in [-0.05, 0) is 78.9 Å². The summed E-state index contributed by atoms with van der Waals surface area (Å²) in [4.78, 5) is 3.60. The lowest BCUT2D eigenvalue weighted by Crippen LogP contribution is -2.64. The monoisotopic (exact) mass is 403 g/mol. The fourth-order valence-corrected chi connectivity index (χ4v) is 8.93. The van der Waals surface area contributed by atoms with Gasteiger partial charge in [-0.15, -0.1) is 0 Å².